The summed E-state index contributed by atoms with van der Waals surface area (Å²) in [5.74, 6) is 2.39. The van der Waals surface area contributed by atoms with E-state index >= 15 is 0 Å². The first-order valence-corrected chi connectivity index (χ1v) is 14.2. The molecular formula is C31H27N9O3. The number of ether oxygens (including phenoxy) is 2. The number of fused-ring (bicyclic) bond motifs is 3. The summed E-state index contributed by atoms with van der Waals surface area (Å²) in [6.07, 6.45) is 9.47. The number of nitrogens with zero attached hydrogens (tertiary/aromatic N) is 5. The van der Waals surface area contributed by atoms with Gasteiger partial charge in [0.1, 0.15) is 5.52 Å². The van der Waals surface area contributed by atoms with Crippen molar-refractivity contribution in [1.29, 1.82) is 0 Å². The van der Waals surface area contributed by atoms with Gasteiger partial charge < -0.3 is 25.1 Å². The third-order valence-electron chi connectivity index (χ3n) is 7.96. The zero-order valence-corrected chi connectivity index (χ0v) is 23.1. The minimum atomic E-state index is 0.00544. The summed E-state index contributed by atoms with van der Waals surface area (Å²) in [6, 6.07) is 11.5. The van der Waals surface area contributed by atoms with E-state index in [9.17, 15) is 4.79 Å². The Balaban J connectivity index is 1.10. The molecule has 0 spiro atoms. The van der Waals surface area contributed by atoms with E-state index in [1.54, 1.807) is 24.8 Å². The lowest BCUT2D eigenvalue weighted by molar-refractivity contribution is -0.117. The van der Waals surface area contributed by atoms with Gasteiger partial charge in [0, 0.05) is 29.9 Å². The molecule has 0 radical (unpaired) electrons. The van der Waals surface area contributed by atoms with Gasteiger partial charge in [0.25, 0.3) is 0 Å². The Labute approximate surface area is 245 Å². The van der Waals surface area contributed by atoms with Crippen LogP contribution in [0.15, 0.2) is 61.2 Å². The molecule has 12 nitrogen and oxygen atoms in total. The first-order valence-electron chi connectivity index (χ1n) is 14.2. The number of pyridine rings is 3. The predicted octanol–water partition coefficient (Wildman–Crippen LogP) is 4.68. The van der Waals surface area contributed by atoms with Gasteiger partial charge in [-0.15, -0.1) is 0 Å². The molecular weight excluding hydrogens is 546 g/mol. The number of imidazole rings is 1. The summed E-state index contributed by atoms with van der Waals surface area (Å²) in [5, 5.41) is 14.0. The second kappa shape index (κ2) is 10.5. The van der Waals surface area contributed by atoms with Crippen molar-refractivity contribution in [3.8, 4) is 45.4 Å². The van der Waals surface area contributed by atoms with Crippen molar-refractivity contribution in [2.45, 2.75) is 19.3 Å². The van der Waals surface area contributed by atoms with Crippen molar-refractivity contribution in [2.75, 3.05) is 25.2 Å². The summed E-state index contributed by atoms with van der Waals surface area (Å²) in [7, 11) is 0. The largest absolute Gasteiger partial charge is 0.454 e. The molecule has 214 valence electrons. The smallest absolute Gasteiger partial charge is 0.231 e. The number of H-pyrrole nitrogens is 2. The molecule has 43 heavy (non-hydrogen) atoms. The lowest BCUT2D eigenvalue weighted by atomic mass is 9.94. The molecule has 0 bridgehead atoms. The van der Waals surface area contributed by atoms with E-state index in [0.29, 0.717) is 46.5 Å². The fourth-order valence-corrected chi connectivity index (χ4v) is 5.75. The van der Waals surface area contributed by atoms with Crippen LogP contribution in [0.2, 0.25) is 0 Å². The van der Waals surface area contributed by atoms with Crippen LogP contribution in [0, 0.1) is 5.92 Å². The summed E-state index contributed by atoms with van der Waals surface area (Å²) < 4.78 is 11.0. The summed E-state index contributed by atoms with van der Waals surface area (Å²) >= 11 is 0. The summed E-state index contributed by atoms with van der Waals surface area (Å²) in [5.41, 5.74) is 7.46. The minimum absolute atomic E-state index is 0.00544. The molecule has 7 heterocycles. The number of anilines is 1. The number of carbonyl (C=O) groups excluding carboxylic acids is 1. The number of hydrogen-bond acceptors (Lipinski definition) is 9. The van der Waals surface area contributed by atoms with E-state index in [-0.39, 0.29) is 12.7 Å². The SMILES string of the molecule is O=C(CC1CCNCC1)Nc1cncc(-c2ccc3[nH]nc(-c4nc5c(-c6ccc7c(c6)OCO7)cncc5[nH]4)c3n2)c1. The van der Waals surface area contributed by atoms with Crippen LogP contribution in [-0.4, -0.2) is 60.9 Å². The molecule has 0 aliphatic carbocycles. The van der Waals surface area contributed by atoms with Gasteiger partial charge in [0.05, 0.1) is 40.3 Å². The molecule has 5 aromatic heterocycles. The maximum atomic E-state index is 12.7. The highest BCUT2D eigenvalue weighted by molar-refractivity contribution is 5.96. The monoisotopic (exact) mass is 573 g/mol. The molecule has 12 heteroatoms. The number of aromatic nitrogens is 7. The third-order valence-corrected chi connectivity index (χ3v) is 7.96. The van der Waals surface area contributed by atoms with Gasteiger partial charge in [-0.05, 0) is 67.7 Å². The molecule has 1 saturated heterocycles. The maximum absolute atomic E-state index is 12.7. The number of rotatable bonds is 6. The lowest BCUT2D eigenvalue weighted by Gasteiger charge is -2.21. The third kappa shape index (κ3) is 4.81. The van der Waals surface area contributed by atoms with Crippen molar-refractivity contribution < 1.29 is 14.3 Å². The van der Waals surface area contributed by atoms with Crippen LogP contribution < -0.4 is 20.1 Å². The normalized spacial score (nSPS) is 14.9. The second-order valence-corrected chi connectivity index (χ2v) is 10.8. The van der Waals surface area contributed by atoms with Gasteiger partial charge in [-0.2, -0.15) is 5.10 Å². The van der Waals surface area contributed by atoms with Crippen molar-refractivity contribution in [1.82, 2.24) is 40.4 Å². The fraction of sp³-hybridized carbons (Fsp3) is 0.226. The topological polar surface area (TPSA) is 156 Å². The summed E-state index contributed by atoms with van der Waals surface area (Å²) in [6.45, 7) is 2.14. The van der Waals surface area contributed by atoms with E-state index in [2.05, 4.69) is 35.8 Å². The number of amides is 1. The van der Waals surface area contributed by atoms with Gasteiger partial charge in [0.2, 0.25) is 12.7 Å². The number of nitrogens with one attached hydrogen (secondary N) is 4. The number of aromatic amines is 2. The fourth-order valence-electron chi connectivity index (χ4n) is 5.75. The summed E-state index contributed by atoms with van der Waals surface area (Å²) in [4.78, 5) is 34.7. The zero-order valence-electron chi connectivity index (χ0n) is 23.1. The van der Waals surface area contributed by atoms with Gasteiger partial charge in [-0.25, -0.2) is 9.97 Å². The van der Waals surface area contributed by atoms with E-state index in [4.69, 9.17) is 19.4 Å². The molecule has 2 aliphatic rings. The van der Waals surface area contributed by atoms with Crippen molar-refractivity contribution >= 4 is 33.7 Å². The quantitative estimate of drug-likeness (QED) is 0.222. The van der Waals surface area contributed by atoms with Crippen LogP contribution >= 0.6 is 0 Å². The Bertz CT molecular complexity index is 1990. The molecule has 0 saturated carbocycles. The van der Waals surface area contributed by atoms with Crippen LogP contribution in [0.3, 0.4) is 0 Å². The molecule has 8 rings (SSSR count). The van der Waals surface area contributed by atoms with Gasteiger partial charge in [-0.3, -0.25) is 19.9 Å². The lowest BCUT2D eigenvalue weighted by Crippen LogP contribution is -2.30. The molecule has 4 N–H and O–H groups in total. The van der Waals surface area contributed by atoms with E-state index in [1.807, 2.05) is 36.4 Å². The van der Waals surface area contributed by atoms with Crippen molar-refractivity contribution in [3.63, 3.8) is 0 Å². The number of carbonyl (C=O) groups is 1. The Morgan fingerprint density at radius 3 is 2.70 bits per heavy atom. The Morgan fingerprint density at radius 2 is 1.77 bits per heavy atom. The first-order chi connectivity index (χ1) is 21.2. The van der Waals surface area contributed by atoms with Crippen molar-refractivity contribution in [2.24, 2.45) is 5.92 Å². The van der Waals surface area contributed by atoms with Crippen LogP contribution in [0.1, 0.15) is 19.3 Å². The maximum Gasteiger partial charge on any atom is 0.231 e. The van der Waals surface area contributed by atoms with E-state index < -0.39 is 0 Å². The first kappa shape index (κ1) is 25.4. The van der Waals surface area contributed by atoms with Crippen molar-refractivity contribution in [3.05, 3.63) is 61.2 Å². The number of piperidine rings is 1. The molecule has 6 aromatic rings. The molecule has 1 aromatic carbocycles. The van der Waals surface area contributed by atoms with Crippen LogP contribution in [-0.2, 0) is 4.79 Å². The van der Waals surface area contributed by atoms with Crippen LogP contribution in [0.4, 0.5) is 5.69 Å². The van der Waals surface area contributed by atoms with E-state index in [1.165, 1.54) is 0 Å². The van der Waals surface area contributed by atoms with Gasteiger partial charge in [-0.1, -0.05) is 6.07 Å². The standard InChI is InChI=1S/C31H27N9O3/c41-27(9-17-5-7-32-8-6-17)35-20-10-19(12-33-13-20)22-2-3-23-29(36-22)30(40-39-23)31-37-24-15-34-14-21(28(24)38-31)18-1-4-25-26(11-18)43-16-42-25/h1-4,10-15,17,32H,5-9,16H2,(H,35,41)(H,37,38)(H,39,40). The second-order valence-electron chi connectivity index (χ2n) is 10.8. The zero-order chi connectivity index (χ0) is 28.8. The van der Waals surface area contributed by atoms with Gasteiger partial charge >= 0.3 is 0 Å². The molecule has 0 atom stereocenters. The molecule has 0 unspecified atom stereocenters. The number of hydrogen-bond donors (Lipinski definition) is 4. The van der Waals surface area contributed by atoms with Gasteiger partial charge in [0.15, 0.2) is 23.0 Å². The van der Waals surface area contributed by atoms with E-state index in [0.717, 1.165) is 64.9 Å². The molecule has 1 fully saturated rings. The average molecular weight is 574 g/mol. The predicted molar refractivity (Wildman–Crippen MR) is 160 cm³/mol. The molecule has 1 amide bonds. The highest BCUT2D eigenvalue weighted by Crippen LogP contribution is 2.38. The Morgan fingerprint density at radius 1 is 0.884 bits per heavy atom. The molecule has 2 aliphatic heterocycles. The average Bonchev–Trinajstić information content (AvgIpc) is 3.79. The highest BCUT2D eigenvalue weighted by atomic mass is 16.7. The highest BCUT2D eigenvalue weighted by Gasteiger charge is 2.20. The Hall–Kier alpha value is -5.36. The number of benzene rings is 1. The Kier molecular flexibility index (Phi) is 6.18. The van der Waals surface area contributed by atoms with Crippen LogP contribution in [0.5, 0.6) is 11.5 Å². The van der Waals surface area contributed by atoms with Crippen LogP contribution in [0.25, 0.3) is 56.0 Å². The minimum Gasteiger partial charge on any atom is -0.454 e.